The average Bonchev–Trinajstić information content (AvgIpc) is 2.80. The van der Waals surface area contributed by atoms with E-state index < -0.39 is 0 Å². The van der Waals surface area contributed by atoms with Gasteiger partial charge in [0.25, 0.3) is 0 Å². The van der Waals surface area contributed by atoms with Crippen molar-refractivity contribution in [1.82, 2.24) is 0 Å². The van der Waals surface area contributed by atoms with Crippen molar-refractivity contribution in [3.63, 3.8) is 0 Å². The van der Waals surface area contributed by atoms with Gasteiger partial charge in [-0.1, -0.05) is 20.8 Å². The van der Waals surface area contributed by atoms with Gasteiger partial charge in [0, 0.05) is 24.5 Å². The second-order valence-corrected chi connectivity index (χ2v) is 5.76. The van der Waals surface area contributed by atoms with Crippen molar-refractivity contribution in [2.75, 3.05) is 23.7 Å². The van der Waals surface area contributed by atoms with Gasteiger partial charge in [-0.15, -0.1) is 0 Å². The molecule has 2 N–H and O–H groups in total. The van der Waals surface area contributed by atoms with E-state index in [9.17, 15) is 0 Å². The molecule has 2 rings (SSSR count). The summed E-state index contributed by atoms with van der Waals surface area (Å²) in [4.78, 5) is 2.46. The summed E-state index contributed by atoms with van der Waals surface area (Å²) in [5, 5.41) is 0. The number of anilines is 2. The maximum Gasteiger partial charge on any atom is 0.0367 e. The van der Waals surface area contributed by atoms with E-state index in [2.05, 4.69) is 37.8 Å². The SMILES string of the molecule is [CH2]CC(C)(C)C1CCN(c2ccc(N)cc2)C1. The summed E-state index contributed by atoms with van der Waals surface area (Å²) in [5.41, 5.74) is 8.20. The highest BCUT2D eigenvalue weighted by molar-refractivity contribution is 5.53. The van der Waals surface area contributed by atoms with Crippen molar-refractivity contribution >= 4 is 11.4 Å². The molecule has 0 saturated carbocycles. The molecule has 1 aromatic carbocycles. The Labute approximate surface area is 105 Å². The van der Waals surface area contributed by atoms with E-state index >= 15 is 0 Å². The molecule has 1 saturated heterocycles. The number of nitrogens with zero attached hydrogens (tertiary/aromatic N) is 1. The van der Waals surface area contributed by atoms with E-state index in [-0.39, 0.29) is 0 Å². The van der Waals surface area contributed by atoms with Crippen molar-refractivity contribution in [2.45, 2.75) is 26.7 Å². The highest BCUT2D eigenvalue weighted by atomic mass is 15.2. The fourth-order valence-electron chi connectivity index (χ4n) is 2.52. The monoisotopic (exact) mass is 231 g/mol. The first-order chi connectivity index (χ1) is 8.03. The number of nitrogens with two attached hydrogens (primary N) is 1. The lowest BCUT2D eigenvalue weighted by molar-refractivity contribution is 0.234. The van der Waals surface area contributed by atoms with Gasteiger partial charge in [-0.2, -0.15) is 0 Å². The second kappa shape index (κ2) is 4.59. The van der Waals surface area contributed by atoms with Crippen molar-refractivity contribution < 1.29 is 0 Å². The first kappa shape index (κ1) is 12.3. The van der Waals surface area contributed by atoms with E-state index in [4.69, 9.17) is 5.73 Å². The van der Waals surface area contributed by atoms with Crippen LogP contribution in [0.5, 0.6) is 0 Å². The standard InChI is InChI=1S/C15H23N2/c1-4-15(2,3)12-9-10-17(11-12)14-7-5-13(16)6-8-14/h5-8,12H,1,4,9-11,16H2,2-3H3. The third-order valence-electron chi connectivity index (χ3n) is 4.20. The Kier molecular flexibility index (Phi) is 3.32. The molecule has 2 heteroatoms. The highest BCUT2D eigenvalue weighted by Gasteiger charge is 2.33. The third-order valence-corrected chi connectivity index (χ3v) is 4.20. The predicted molar refractivity (Wildman–Crippen MR) is 74.9 cm³/mol. The summed E-state index contributed by atoms with van der Waals surface area (Å²) < 4.78 is 0. The number of nitrogen functional groups attached to an aromatic ring is 1. The highest BCUT2D eigenvalue weighted by Crippen LogP contribution is 2.38. The zero-order valence-electron chi connectivity index (χ0n) is 10.9. The van der Waals surface area contributed by atoms with Gasteiger partial charge in [0.2, 0.25) is 0 Å². The minimum absolute atomic E-state index is 0.350. The molecule has 17 heavy (non-hydrogen) atoms. The van der Waals surface area contributed by atoms with Crippen molar-refractivity contribution in [2.24, 2.45) is 11.3 Å². The number of rotatable bonds is 3. The Morgan fingerprint density at radius 1 is 1.35 bits per heavy atom. The lowest BCUT2D eigenvalue weighted by Crippen LogP contribution is -2.27. The summed E-state index contributed by atoms with van der Waals surface area (Å²) in [5.74, 6) is 0.748. The zero-order chi connectivity index (χ0) is 12.5. The molecule has 0 aliphatic carbocycles. The van der Waals surface area contributed by atoms with Crippen LogP contribution in [-0.2, 0) is 0 Å². The molecule has 1 fully saturated rings. The molecule has 1 aromatic rings. The van der Waals surface area contributed by atoms with Crippen LogP contribution in [-0.4, -0.2) is 13.1 Å². The number of benzene rings is 1. The number of hydrogen-bond donors (Lipinski definition) is 1. The normalized spacial score (nSPS) is 20.9. The summed E-state index contributed by atoms with van der Waals surface area (Å²) in [6, 6.07) is 8.20. The van der Waals surface area contributed by atoms with Crippen LogP contribution in [0.2, 0.25) is 0 Å². The smallest absolute Gasteiger partial charge is 0.0367 e. The Morgan fingerprint density at radius 3 is 2.59 bits per heavy atom. The first-order valence-electron chi connectivity index (χ1n) is 6.42. The van der Waals surface area contributed by atoms with Crippen LogP contribution in [0.25, 0.3) is 0 Å². The molecule has 1 heterocycles. The maximum atomic E-state index is 5.72. The van der Waals surface area contributed by atoms with Crippen molar-refractivity contribution in [3.8, 4) is 0 Å². The molecule has 1 atom stereocenters. The Hall–Kier alpha value is -1.18. The van der Waals surface area contributed by atoms with Crippen LogP contribution >= 0.6 is 0 Å². The molecule has 0 aromatic heterocycles. The Bertz CT molecular complexity index is 367. The van der Waals surface area contributed by atoms with Gasteiger partial charge >= 0.3 is 0 Å². The molecule has 1 aliphatic heterocycles. The van der Waals surface area contributed by atoms with Crippen LogP contribution in [0, 0.1) is 18.3 Å². The van der Waals surface area contributed by atoms with Gasteiger partial charge in [-0.25, -0.2) is 0 Å². The summed E-state index contributed by atoms with van der Waals surface area (Å²) in [7, 11) is 0. The second-order valence-electron chi connectivity index (χ2n) is 5.76. The molecule has 0 bridgehead atoms. The first-order valence-corrected chi connectivity index (χ1v) is 6.42. The number of hydrogen-bond acceptors (Lipinski definition) is 2. The molecule has 1 radical (unpaired) electrons. The largest absolute Gasteiger partial charge is 0.399 e. The molecule has 1 aliphatic rings. The fourth-order valence-corrected chi connectivity index (χ4v) is 2.52. The topological polar surface area (TPSA) is 29.3 Å². The average molecular weight is 231 g/mol. The van der Waals surface area contributed by atoms with Crippen LogP contribution in [0.3, 0.4) is 0 Å². The predicted octanol–water partition coefficient (Wildman–Crippen LogP) is 3.35. The van der Waals surface area contributed by atoms with Gasteiger partial charge in [-0.05, 0) is 48.4 Å². The minimum atomic E-state index is 0.350. The van der Waals surface area contributed by atoms with E-state index in [1.54, 1.807) is 0 Å². The molecule has 2 nitrogen and oxygen atoms in total. The van der Waals surface area contributed by atoms with E-state index in [1.165, 1.54) is 12.1 Å². The summed E-state index contributed by atoms with van der Waals surface area (Å²) in [6.07, 6.45) is 2.28. The van der Waals surface area contributed by atoms with Gasteiger partial charge in [0.05, 0.1) is 0 Å². The van der Waals surface area contributed by atoms with Gasteiger partial charge < -0.3 is 10.6 Å². The van der Waals surface area contributed by atoms with Crippen LogP contribution in [0.4, 0.5) is 11.4 Å². The fraction of sp³-hybridized carbons (Fsp3) is 0.533. The van der Waals surface area contributed by atoms with Crippen LogP contribution in [0.15, 0.2) is 24.3 Å². The lowest BCUT2D eigenvalue weighted by Gasteiger charge is -2.30. The molecular formula is C15H23N2. The van der Waals surface area contributed by atoms with Crippen molar-refractivity contribution in [1.29, 1.82) is 0 Å². The van der Waals surface area contributed by atoms with E-state index in [0.29, 0.717) is 5.41 Å². The summed E-state index contributed by atoms with van der Waals surface area (Å²) in [6.45, 7) is 11.0. The van der Waals surface area contributed by atoms with E-state index in [1.807, 2.05) is 12.1 Å². The van der Waals surface area contributed by atoms with Gasteiger partial charge in [-0.3, -0.25) is 0 Å². The zero-order valence-corrected chi connectivity index (χ0v) is 10.9. The minimum Gasteiger partial charge on any atom is -0.399 e. The lowest BCUT2D eigenvalue weighted by atomic mass is 9.76. The maximum absolute atomic E-state index is 5.72. The summed E-state index contributed by atoms with van der Waals surface area (Å²) >= 11 is 0. The molecule has 93 valence electrons. The van der Waals surface area contributed by atoms with Crippen molar-refractivity contribution in [3.05, 3.63) is 31.2 Å². The van der Waals surface area contributed by atoms with Crippen LogP contribution < -0.4 is 10.6 Å². The van der Waals surface area contributed by atoms with Gasteiger partial charge in [0.1, 0.15) is 0 Å². The van der Waals surface area contributed by atoms with Crippen LogP contribution in [0.1, 0.15) is 26.7 Å². The molecule has 0 amide bonds. The molecule has 0 spiro atoms. The Balaban J connectivity index is 2.05. The Morgan fingerprint density at radius 2 is 2.00 bits per heavy atom. The third kappa shape index (κ3) is 2.56. The molecule has 1 unspecified atom stereocenters. The quantitative estimate of drug-likeness (QED) is 0.808. The van der Waals surface area contributed by atoms with Gasteiger partial charge in [0.15, 0.2) is 0 Å². The molecular weight excluding hydrogens is 208 g/mol. The van der Waals surface area contributed by atoms with E-state index in [0.717, 1.165) is 31.1 Å².